The Bertz CT molecular complexity index is 711. The van der Waals surface area contributed by atoms with E-state index in [2.05, 4.69) is 19.7 Å². The first kappa shape index (κ1) is 15.1. The minimum atomic E-state index is 0.280. The number of amides is 1. The zero-order valence-electron chi connectivity index (χ0n) is 13.6. The summed E-state index contributed by atoms with van der Waals surface area (Å²) >= 11 is 0. The molecule has 1 aliphatic carbocycles. The van der Waals surface area contributed by atoms with Crippen LogP contribution >= 0.6 is 0 Å². The lowest BCUT2D eigenvalue weighted by Crippen LogP contribution is -2.33. The van der Waals surface area contributed by atoms with Crippen molar-refractivity contribution in [3.05, 3.63) is 36.0 Å². The number of rotatable bonds is 5. The molecule has 24 heavy (non-hydrogen) atoms. The molecule has 0 atom stereocenters. The van der Waals surface area contributed by atoms with Gasteiger partial charge in [0.05, 0.1) is 0 Å². The Kier molecular flexibility index (Phi) is 4.15. The zero-order valence-corrected chi connectivity index (χ0v) is 13.6. The fourth-order valence-corrected chi connectivity index (χ4v) is 3.01. The number of hydrogen-bond acceptors (Lipinski definition) is 5. The van der Waals surface area contributed by atoms with Crippen LogP contribution < -0.4 is 4.74 Å². The SMILES string of the molecule is O=C(CC1CC1)N1CCc2nnc(COc3ccccn3)n2CC1. The first-order valence-corrected chi connectivity index (χ1v) is 8.52. The number of fused-ring (bicyclic) bond motifs is 1. The van der Waals surface area contributed by atoms with E-state index in [9.17, 15) is 4.79 Å². The van der Waals surface area contributed by atoms with Crippen LogP contribution in [0.2, 0.25) is 0 Å². The van der Waals surface area contributed by atoms with Gasteiger partial charge in [0.25, 0.3) is 0 Å². The number of nitrogens with zero attached hydrogens (tertiary/aromatic N) is 5. The van der Waals surface area contributed by atoms with Gasteiger partial charge < -0.3 is 14.2 Å². The van der Waals surface area contributed by atoms with Gasteiger partial charge in [0.1, 0.15) is 12.4 Å². The summed E-state index contributed by atoms with van der Waals surface area (Å²) in [5.74, 6) is 3.19. The highest BCUT2D eigenvalue weighted by atomic mass is 16.5. The minimum absolute atomic E-state index is 0.280. The van der Waals surface area contributed by atoms with E-state index in [0.29, 0.717) is 31.4 Å². The normalized spacial score (nSPS) is 17.2. The smallest absolute Gasteiger partial charge is 0.222 e. The van der Waals surface area contributed by atoms with Gasteiger partial charge in [-0.15, -0.1) is 10.2 Å². The van der Waals surface area contributed by atoms with E-state index in [1.165, 1.54) is 12.8 Å². The van der Waals surface area contributed by atoms with E-state index >= 15 is 0 Å². The van der Waals surface area contributed by atoms with Crippen LogP contribution in [0.5, 0.6) is 5.88 Å². The first-order chi connectivity index (χ1) is 11.8. The summed E-state index contributed by atoms with van der Waals surface area (Å²) in [7, 11) is 0. The van der Waals surface area contributed by atoms with Gasteiger partial charge in [-0.25, -0.2) is 4.98 Å². The van der Waals surface area contributed by atoms with Crippen LogP contribution in [-0.2, 0) is 24.4 Å². The Morgan fingerprint density at radius 1 is 1.21 bits per heavy atom. The highest BCUT2D eigenvalue weighted by Crippen LogP contribution is 2.33. The largest absolute Gasteiger partial charge is 0.469 e. The molecule has 1 amide bonds. The summed E-state index contributed by atoms with van der Waals surface area (Å²) in [6.07, 6.45) is 5.56. The van der Waals surface area contributed by atoms with E-state index in [-0.39, 0.29) is 5.91 Å². The van der Waals surface area contributed by atoms with Crippen molar-refractivity contribution in [3.63, 3.8) is 0 Å². The second-order valence-corrected chi connectivity index (χ2v) is 6.42. The minimum Gasteiger partial charge on any atom is -0.469 e. The highest BCUT2D eigenvalue weighted by molar-refractivity contribution is 5.76. The number of aromatic nitrogens is 4. The summed E-state index contributed by atoms with van der Waals surface area (Å²) in [6.45, 7) is 2.50. The molecule has 4 rings (SSSR count). The Morgan fingerprint density at radius 2 is 2.12 bits per heavy atom. The van der Waals surface area contributed by atoms with Gasteiger partial charge in [0.2, 0.25) is 11.8 Å². The predicted molar refractivity (Wildman–Crippen MR) is 86.2 cm³/mol. The van der Waals surface area contributed by atoms with Crippen molar-refractivity contribution in [1.82, 2.24) is 24.6 Å². The molecule has 126 valence electrons. The third kappa shape index (κ3) is 3.39. The van der Waals surface area contributed by atoms with Gasteiger partial charge in [-0.3, -0.25) is 4.79 Å². The molecule has 1 fully saturated rings. The molecule has 2 aromatic heterocycles. The van der Waals surface area contributed by atoms with E-state index in [1.807, 2.05) is 23.1 Å². The molecule has 2 aromatic rings. The number of carbonyl (C=O) groups excluding carboxylic acids is 1. The van der Waals surface area contributed by atoms with E-state index in [4.69, 9.17) is 4.74 Å². The van der Waals surface area contributed by atoms with E-state index in [0.717, 1.165) is 31.2 Å². The average molecular weight is 327 g/mol. The first-order valence-electron chi connectivity index (χ1n) is 8.52. The van der Waals surface area contributed by atoms with E-state index in [1.54, 1.807) is 6.20 Å². The Balaban J connectivity index is 1.39. The van der Waals surface area contributed by atoms with Gasteiger partial charge in [0.15, 0.2) is 5.82 Å². The second kappa shape index (κ2) is 6.59. The summed E-state index contributed by atoms with van der Waals surface area (Å²) in [5.41, 5.74) is 0. The second-order valence-electron chi connectivity index (χ2n) is 6.42. The summed E-state index contributed by atoms with van der Waals surface area (Å²) < 4.78 is 7.75. The molecule has 0 radical (unpaired) electrons. The average Bonchev–Trinajstić information content (AvgIpc) is 3.37. The maximum Gasteiger partial charge on any atom is 0.222 e. The molecular weight excluding hydrogens is 306 g/mol. The van der Waals surface area contributed by atoms with Crippen molar-refractivity contribution in [2.45, 2.75) is 38.8 Å². The summed E-state index contributed by atoms with van der Waals surface area (Å²) in [6, 6.07) is 5.55. The number of pyridine rings is 1. The lowest BCUT2D eigenvalue weighted by atomic mass is 10.2. The van der Waals surface area contributed by atoms with Crippen molar-refractivity contribution in [1.29, 1.82) is 0 Å². The van der Waals surface area contributed by atoms with Crippen molar-refractivity contribution in [2.75, 3.05) is 13.1 Å². The van der Waals surface area contributed by atoms with Gasteiger partial charge in [0, 0.05) is 44.7 Å². The van der Waals surface area contributed by atoms with Crippen LogP contribution in [0.25, 0.3) is 0 Å². The Hall–Kier alpha value is -2.44. The van der Waals surface area contributed by atoms with Crippen LogP contribution in [0.1, 0.15) is 30.9 Å². The standard InChI is InChI=1S/C17H21N5O2/c23-17(11-13-4-5-13)21-8-6-14-19-20-15(22(14)10-9-21)12-24-16-3-1-2-7-18-16/h1-3,7,13H,4-6,8-12H2. The Labute approximate surface area is 140 Å². The quantitative estimate of drug-likeness (QED) is 0.831. The molecule has 1 aliphatic heterocycles. The molecule has 0 aromatic carbocycles. The third-order valence-corrected chi connectivity index (χ3v) is 4.60. The maximum atomic E-state index is 12.3. The number of hydrogen-bond donors (Lipinski definition) is 0. The van der Waals surface area contributed by atoms with Crippen LogP contribution in [0.3, 0.4) is 0 Å². The monoisotopic (exact) mass is 327 g/mol. The predicted octanol–water partition coefficient (Wildman–Crippen LogP) is 1.44. The lowest BCUT2D eigenvalue weighted by molar-refractivity contribution is -0.131. The number of ether oxygens (including phenoxy) is 1. The van der Waals surface area contributed by atoms with E-state index < -0.39 is 0 Å². The van der Waals surface area contributed by atoms with Crippen LogP contribution in [0.4, 0.5) is 0 Å². The molecule has 1 saturated carbocycles. The van der Waals surface area contributed by atoms with Gasteiger partial charge >= 0.3 is 0 Å². The van der Waals surface area contributed by atoms with Gasteiger partial charge in [-0.2, -0.15) is 0 Å². The molecular formula is C17H21N5O2. The molecule has 7 heteroatoms. The molecule has 0 N–H and O–H groups in total. The van der Waals surface area contributed by atoms with Crippen molar-refractivity contribution < 1.29 is 9.53 Å². The molecule has 0 spiro atoms. The van der Waals surface area contributed by atoms with Crippen molar-refractivity contribution in [2.24, 2.45) is 5.92 Å². The summed E-state index contributed by atoms with van der Waals surface area (Å²) in [4.78, 5) is 18.4. The van der Waals surface area contributed by atoms with Crippen molar-refractivity contribution >= 4 is 5.91 Å². The van der Waals surface area contributed by atoms with Crippen molar-refractivity contribution in [3.8, 4) is 5.88 Å². The topological polar surface area (TPSA) is 73.1 Å². The zero-order chi connectivity index (χ0) is 16.4. The fraction of sp³-hybridized carbons (Fsp3) is 0.529. The van der Waals surface area contributed by atoms with Crippen LogP contribution in [0.15, 0.2) is 24.4 Å². The van der Waals surface area contributed by atoms with Gasteiger partial charge in [-0.05, 0) is 24.8 Å². The maximum absolute atomic E-state index is 12.3. The molecule has 0 saturated heterocycles. The molecule has 7 nitrogen and oxygen atoms in total. The van der Waals surface area contributed by atoms with Gasteiger partial charge in [-0.1, -0.05) is 6.07 Å². The lowest BCUT2D eigenvalue weighted by Gasteiger charge is -2.20. The molecule has 0 unspecified atom stereocenters. The highest BCUT2D eigenvalue weighted by Gasteiger charge is 2.28. The third-order valence-electron chi connectivity index (χ3n) is 4.60. The van der Waals surface area contributed by atoms with Crippen LogP contribution in [0, 0.1) is 5.92 Å². The molecule has 0 bridgehead atoms. The Morgan fingerprint density at radius 3 is 2.92 bits per heavy atom. The molecule has 3 heterocycles. The fourth-order valence-electron chi connectivity index (χ4n) is 3.01. The number of carbonyl (C=O) groups is 1. The van der Waals surface area contributed by atoms with Crippen LogP contribution in [-0.4, -0.2) is 43.6 Å². The molecule has 2 aliphatic rings. The summed E-state index contributed by atoms with van der Waals surface area (Å²) in [5, 5.41) is 8.51.